The topological polar surface area (TPSA) is 66.8 Å². The maximum Gasteiger partial charge on any atom is 0.303 e. The smallest absolute Gasteiger partial charge is 0.303 e. The highest BCUT2D eigenvalue weighted by molar-refractivity contribution is 8.00. The molecule has 0 radical (unpaired) electrons. The van der Waals surface area contributed by atoms with Crippen LogP contribution in [0.1, 0.15) is 78.6 Å². The first-order valence-electron chi connectivity index (χ1n) is 10.7. The lowest BCUT2D eigenvalue weighted by atomic mass is 9.85. The fraction of sp³-hybridized carbons (Fsp3) is 0.773. The molecule has 1 saturated carbocycles. The minimum Gasteiger partial charge on any atom is -0.481 e. The molecule has 0 aromatic rings. The van der Waals surface area contributed by atoms with Crippen molar-refractivity contribution in [2.75, 3.05) is 0 Å². The molecular weight excluding hydrogens is 390 g/mol. The zero-order valence-electron chi connectivity index (χ0n) is 17.8. The average molecular weight is 431 g/mol. The van der Waals surface area contributed by atoms with E-state index in [0.717, 1.165) is 32.1 Å². The Morgan fingerprint density at radius 2 is 2.07 bits per heavy atom. The molecule has 0 heterocycles. The number of hydrogen-bond donors (Lipinski definition) is 2. The Morgan fingerprint density at radius 3 is 2.71 bits per heavy atom. The number of aliphatic hydroxyl groups excluding tert-OH is 1. The lowest BCUT2D eigenvalue weighted by Crippen LogP contribution is -2.24. The zero-order valence-corrected chi connectivity index (χ0v) is 19.9. The summed E-state index contributed by atoms with van der Waals surface area (Å²) in [7, 11) is 3.06. The molecule has 1 rings (SSSR count). The van der Waals surface area contributed by atoms with E-state index in [2.05, 4.69) is 54.0 Å². The van der Waals surface area contributed by atoms with Gasteiger partial charge in [0, 0.05) is 14.9 Å². The van der Waals surface area contributed by atoms with Gasteiger partial charge in [0.05, 0.1) is 11.7 Å². The first kappa shape index (κ1) is 25.8. The number of carboxylic acid groups (broad SMARTS) is 1. The average Bonchev–Trinajstić information content (AvgIpc) is 2.89. The van der Waals surface area contributed by atoms with E-state index >= 15 is 0 Å². The fourth-order valence-corrected chi connectivity index (χ4v) is 5.37. The van der Waals surface area contributed by atoms with Gasteiger partial charge in [0.2, 0.25) is 0 Å². The number of aliphatic hydroxyl groups is 1. The molecule has 1 aliphatic carbocycles. The maximum absolute atomic E-state index is 10.6. The Morgan fingerprint density at radius 1 is 1.32 bits per heavy atom. The van der Waals surface area contributed by atoms with Crippen molar-refractivity contribution in [2.24, 2.45) is 17.8 Å². The summed E-state index contributed by atoms with van der Waals surface area (Å²) in [6, 6.07) is 0. The summed E-state index contributed by atoms with van der Waals surface area (Å²) in [5.41, 5.74) is -0.236. The second kappa shape index (κ2) is 13.9. The first-order valence-corrected chi connectivity index (χ1v) is 13.4. The molecule has 1 aliphatic rings. The number of aliphatic carboxylic acids is 1. The van der Waals surface area contributed by atoms with Crippen LogP contribution in [0.15, 0.2) is 24.3 Å². The summed E-state index contributed by atoms with van der Waals surface area (Å²) >= 11 is 0. The van der Waals surface area contributed by atoms with Crippen LogP contribution in [0, 0.1) is 17.8 Å². The second-order valence-corrected chi connectivity index (χ2v) is 9.51. The van der Waals surface area contributed by atoms with E-state index in [0.29, 0.717) is 26.8 Å². The number of allylic oxidation sites excluding steroid dienone is 3. The van der Waals surface area contributed by atoms with Gasteiger partial charge in [0.1, 0.15) is 0 Å². The third-order valence-electron chi connectivity index (χ3n) is 5.84. The van der Waals surface area contributed by atoms with Gasteiger partial charge in [-0.1, -0.05) is 66.3 Å². The van der Waals surface area contributed by atoms with Crippen LogP contribution in [-0.2, 0) is 9.32 Å². The van der Waals surface area contributed by atoms with Crippen LogP contribution >= 0.6 is 17.4 Å². The summed E-state index contributed by atoms with van der Waals surface area (Å²) in [6.45, 7) is 6.61. The highest BCUT2D eigenvalue weighted by Gasteiger charge is 2.38. The quantitative estimate of drug-likeness (QED) is 0.198. The molecular formula is C22H40O4P2. The van der Waals surface area contributed by atoms with E-state index in [1.54, 1.807) is 0 Å². The van der Waals surface area contributed by atoms with Crippen LogP contribution in [0.25, 0.3) is 0 Å². The van der Waals surface area contributed by atoms with Crippen molar-refractivity contribution in [2.45, 2.75) is 90.3 Å². The fourth-order valence-electron chi connectivity index (χ4n) is 4.12. The monoisotopic (exact) mass is 430 g/mol. The lowest BCUT2D eigenvalue weighted by Gasteiger charge is -2.27. The molecule has 1 fully saturated rings. The van der Waals surface area contributed by atoms with Crippen molar-refractivity contribution in [1.82, 2.24) is 0 Å². The van der Waals surface area contributed by atoms with Gasteiger partial charge < -0.3 is 14.7 Å². The zero-order chi connectivity index (χ0) is 21.0. The summed E-state index contributed by atoms with van der Waals surface area (Å²) in [4.78, 5) is 10.6. The maximum atomic E-state index is 10.6. The largest absolute Gasteiger partial charge is 0.481 e. The van der Waals surface area contributed by atoms with E-state index in [1.807, 2.05) is 0 Å². The Kier molecular flexibility index (Phi) is 12.8. The van der Waals surface area contributed by atoms with Gasteiger partial charge in [-0.3, -0.25) is 4.79 Å². The molecule has 3 unspecified atom stereocenters. The molecule has 0 saturated heterocycles. The predicted molar refractivity (Wildman–Crippen MR) is 123 cm³/mol. The normalized spacial score (nSPS) is 28.0. The predicted octanol–water partition coefficient (Wildman–Crippen LogP) is 6.12. The highest BCUT2D eigenvalue weighted by Crippen LogP contribution is 2.42. The van der Waals surface area contributed by atoms with Gasteiger partial charge >= 0.3 is 5.97 Å². The van der Waals surface area contributed by atoms with E-state index in [1.165, 1.54) is 12.8 Å². The molecule has 28 heavy (non-hydrogen) atoms. The van der Waals surface area contributed by atoms with E-state index in [4.69, 9.17) is 9.63 Å². The molecule has 6 heteroatoms. The van der Waals surface area contributed by atoms with Crippen molar-refractivity contribution < 1.29 is 19.5 Å². The van der Waals surface area contributed by atoms with Crippen molar-refractivity contribution in [3.8, 4) is 0 Å². The van der Waals surface area contributed by atoms with Crippen molar-refractivity contribution >= 4 is 23.4 Å². The van der Waals surface area contributed by atoms with Gasteiger partial charge in [0.15, 0.2) is 0 Å². The van der Waals surface area contributed by atoms with Gasteiger partial charge in [-0.2, -0.15) is 0 Å². The summed E-state index contributed by atoms with van der Waals surface area (Å²) in [6.07, 6.45) is 16.4. The lowest BCUT2D eigenvalue weighted by molar-refractivity contribution is -0.137. The molecule has 2 N–H and O–H groups in total. The Hall–Kier alpha value is -0.270. The second-order valence-electron chi connectivity index (χ2n) is 8.36. The summed E-state index contributed by atoms with van der Waals surface area (Å²) in [5, 5.41) is 19.2. The molecule has 7 atom stereocenters. The van der Waals surface area contributed by atoms with E-state index < -0.39 is 5.97 Å². The molecule has 0 spiro atoms. The van der Waals surface area contributed by atoms with E-state index in [9.17, 15) is 9.90 Å². The molecule has 0 aromatic carbocycles. The molecule has 0 amide bonds. The van der Waals surface area contributed by atoms with Crippen LogP contribution < -0.4 is 0 Å². The highest BCUT2D eigenvalue weighted by atomic mass is 32.0. The summed E-state index contributed by atoms with van der Waals surface area (Å²) in [5.74, 6) is 0.282. The number of carboxylic acids is 1. The molecule has 4 nitrogen and oxygen atoms in total. The molecule has 0 bridgehead atoms. The third kappa shape index (κ3) is 9.49. The molecule has 0 aliphatic heterocycles. The van der Waals surface area contributed by atoms with Crippen LogP contribution in [0.4, 0.5) is 0 Å². The van der Waals surface area contributed by atoms with Crippen LogP contribution in [0.5, 0.6) is 0 Å². The minimum absolute atomic E-state index is 0.214. The van der Waals surface area contributed by atoms with Gasteiger partial charge in [-0.25, -0.2) is 0 Å². The Bertz CT molecular complexity index is 509. The van der Waals surface area contributed by atoms with Crippen molar-refractivity contribution in [3.05, 3.63) is 24.3 Å². The number of rotatable bonds is 14. The van der Waals surface area contributed by atoms with Crippen molar-refractivity contribution in [3.63, 3.8) is 0 Å². The van der Waals surface area contributed by atoms with Crippen LogP contribution in [0.2, 0.25) is 0 Å². The number of unbranched alkanes of at least 4 members (excludes halogenated alkanes) is 3. The number of hydrogen-bond acceptors (Lipinski definition) is 3. The molecule has 162 valence electrons. The van der Waals surface area contributed by atoms with Gasteiger partial charge in [-0.15, -0.1) is 0 Å². The standard InChI is InChI=1S/C22H40O4P2/c1-4-5-10-14-22(3,26-28-27)15-13-18-17(2)16-20(23)19(18)11-8-6-7-9-12-21(24)25/h6,8,13,15,17-20,23,28H,4-5,7,9-12,14,16,27H2,1-3H3,(H,24,25)/b8-6?,15-13+/t17-,18+,19-,20+,22?/m1/s1. The number of carbonyl (C=O) groups is 1. The van der Waals surface area contributed by atoms with Crippen LogP contribution in [0.3, 0.4) is 0 Å². The first-order chi connectivity index (χ1) is 13.3. The Balaban J connectivity index is 2.68. The van der Waals surface area contributed by atoms with E-state index in [-0.39, 0.29) is 24.0 Å². The third-order valence-corrected chi connectivity index (χ3v) is 6.77. The SMILES string of the molecule is CCCCCC(C)(/C=C/[C@@H]1[C@@H](CC=CCCCC(=O)O)[C@@H](O)C[C@H]1C)OPP. The summed E-state index contributed by atoms with van der Waals surface area (Å²) < 4.78 is 6.06. The van der Waals surface area contributed by atoms with Crippen LogP contribution in [-0.4, -0.2) is 27.9 Å². The Labute approximate surface area is 175 Å². The molecule has 0 aromatic heterocycles. The minimum atomic E-state index is -0.742. The van der Waals surface area contributed by atoms with Gasteiger partial charge in [-0.05, 0) is 56.8 Å². The van der Waals surface area contributed by atoms with Crippen molar-refractivity contribution in [1.29, 1.82) is 0 Å². The van der Waals surface area contributed by atoms with Gasteiger partial charge in [0.25, 0.3) is 0 Å².